The van der Waals surface area contributed by atoms with Gasteiger partial charge in [-0.05, 0) is 42.8 Å². The number of rotatable bonds is 9. The lowest BCUT2D eigenvalue weighted by atomic mass is 10.2. The molecular weight excluding hydrogens is 349 g/mol. The molecule has 140 valence electrons. The summed E-state index contributed by atoms with van der Waals surface area (Å²) in [5.74, 6) is 1.17. The van der Waals surface area contributed by atoms with Gasteiger partial charge in [0.15, 0.2) is 0 Å². The van der Waals surface area contributed by atoms with Crippen LogP contribution in [0, 0.1) is 5.82 Å². The summed E-state index contributed by atoms with van der Waals surface area (Å²) < 4.78 is 24.0. The number of hydrogen-bond donors (Lipinski definition) is 1. The molecule has 27 heavy (non-hydrogen) atoms. The van der Waals surface area contributed by atoms with Crippen LogP contribution in [0.2, 0.25) is 0 Å². The highest BCUT2D eigenvalue weighted by molar-refractivity contribution is 5.75. The first-order valence-electron chi connectivity index (χ1n) is 8.73. The number of para-hydroxylation sites is 1. The van der Waals surface area contributed by atoms with Gasteiger partial charge in [-0.2, -0.15) is 0 Å². The van der Waals surface area contributed by atoms with Crippen LogP contribution in [0.5, 0.6) is 5.75 Å². The zero-order valence-corrected chi connectivity index (χ0v) is 14.7. The second-order valence-electron chi connectivity index (χ2n) is 5.87. The van der Waals surface area contributed by atoms with Crippen LogP contribution in [0.3, 0.4) is 0 Å². The summed E-state index contributed by atoms with van der Waals surface area (Å²) in [7, 11) is 0. The summed E-state index contributed by atoms with van der Waals surface area (Å²) in [6.07, 6.45) is 1.45. The van der Waals surface area contributed by atoms with E-state index < -0.39 is 0 Å². The second-order valence-corrected chi connectivity index (χ2v) is 5.87. The van der Waals surface area contributed by atoms with E-state index in [1.54, 1.807) is 12.1 Å². The van der Waals surface area contributed by atoms with Crippen LogP contribution < -0.4 is 10.1 Å². The van der Waals surface area contributed by atoms with Crippen molar-refractivity contribution in [1.29, 1.82) is 0 Å². The normalized spacial score (nSPS) is 10.6. The smallest absolute Gasteiger partial charge is 0.247 e. The van der Waals surface area contributed by atoms with Crippen molar-refractivity contribution in [3.05, 3.63) is 66.3 Å². The molecule has 0 unspecified atom stereocenters. The van der Waals surface area contributed by atoms with Crippen LogP contribution in [0.1, 0.15) is 18.7 Å². The topological polar surface area (TPSA) is 77.2 Å². The largest absolute Gasteiger partial charge is 0.494 e. The highest BCUT2D eigenvalue weighted by Gasteiger charge is 2.09. The third-order valence-corrected chi connectivity index (χ3v) is 3.78. The first kappa shape index (κ1) is 18.6. The van der Waals surface area contributed by atoms with Crippen LogP contribution in [-0.2, 0) is 11.2 Å². The Hall–Kier alpha value is -3.22. The predicted octanol–water partition coefficient (Wildman–Crippen LogP) is 3.39. The molecule has 1 aromatic heterocycles. The van der Waals surface area contributed by atoms with Gasteiger partial charge in [0.1, 0.15) is 11.6 Å². The SMILES string of the molecule is O=C(CCCOc1ccccc1)NCCc1nnc(-c2ccc(F)cc2)o1. The first-order chi connectivity index (χ1) is 13.2. The van der Waals surface area contributed by atoms with Gasteiger partial charge in [0, 0.05) is 24.9 Å². The molecular formula is C20H20FN3O3. The predicted molar refractivity (Wildman–Crippen MR) is 97.6 cm³/mol. The van der Waals surface area contributed by atoms with Gasteiger partial charge in [0.2, 0.25) is 17.7 Å². The molecule has 0 aliphatic rings. The van der Waals surface area contributed by atoms with Gasteiger partial charge < -0.3 is 14.5 Å². The van der Waals surface area contributed by atoms with Gasteiger partial charge in [-0.3, -0.25) is 4.79 Å². The molecule has 0 saturated heterocycles. The van der Waals surface area contributed by atoms with E-state index >= 15 is 0 Å². The molecule has 1 N–H and O–H groups in total. The Balaban J connectivity index is 1.33. The van der Waals surface area contributed by atoms with Crippen LogP contribution in [0.15, 0.2) is 59.0 Å². The van der Waals surface area contributed by atoms with Crippen LogP contribution >= 0.6 is 0 Å². The molecule has 6 nitrogen and oxygen atoms in total. The lowest BCUT2D eigenvalue weighted by molar-refractivity contribution is -0.121. The molecule has 3 rings (SSSR count). The van der Waals surface area contributed by atoms with E-state index in [0.29, 0.717) is 49.8 Å². The Labute approximate surface area is 156 Å². The standard InChI is InChI=1S/C20H20FN3O3/c21-16-10-8-15(9-11-16)20-24-23-19(27-20)12-13-22-18(25)7-4-14-26-17-5-2-1-3-6-17/h1-3,5-6,8-11H,4,7,12-14H2,(H,22,25). The number of carbonyl (C=O) groups is 1. The van der Waals surface area contributed by atoms with Crippen molar-refractivity contribution >= 4 is 5.91 Å². The molecule has 0 atom stereocenters. The number of hydrogen-bond acceptors (Lipinski definition) is 5. The van der Waals surface area contributed by atoms with Gasteiger partial charge in [-0.1, -0.05) is 18.2 Å². The van der Waals surface area contributed by atoms with Crippen molar-refractivity contribution in [1.82, 2.24) is 15.5 Å². The number of amides is 1. The summed E-state index contributed by atoms with van der Waals surface area (Å²) >= 11 is 0. The number of benzene rings is 2. The third-order valence-electron chi connectivity index (χ3n) is 3.78. The Morgan fingerprint density at radius 1 is 1.07 bits per heavy atom. The van der Waals surface area contributed by atoms with E-state index in [4.69, 9.17) is 9.15 Å². The fourth-order valence-electron chi connectivity index (χ4n) is 2.40. The molecule has 0 aliphatic heterocycles. The maximum absolute atomic E-state index is 12.9. The van der Waals surface area contributed by atoms with E-state index in [0.717, 1.165) is 5.75 Å². The van der Waals surface area contributed by atoms with Gasteiger partial charge >= 0.3 is 0 Å². The molecule has 1 heterocycles. The molecule has 0 spiro atoms. The Kier molecular flexibility index (Phi) is 6.51. The van der Waals surface area contributed by atoms with Crippen molar-refractivity contribution < 1.29 is 18.3 Å². The average molecular weight is 369 g/mol. The maximum atomic E-state index is 12.9. The number of carbonyl (C=O) groups excluding carboxylic acids is 1. The second kappa shape index (κ2) is 9.47. The monoisotopic (exact) mass is 369 g/mol. The summed E-state index contributed by atoms with van der Waals surface area (Å²) in [5, 5.41) is 10.7. The van der Waals surface area contributed by atoms with Crippen molar-refractivity contribution in [2.24, 2.45) is 0 Å². The number of halogens is 1. The fraction of sp³-hybridized carbons (Fsp3) is 0.250. The molecule has 0 bridgehead atoms. The molecule has 1 amide bonds. The maximum Gasteiger partial charge on any atom is 0.247 e. The lowest BCUT2D eigenvalue weighted by Gasteiger charge is -2.06. The molecule has 0 saturated carbocycles. The highest BCUT2D eigenvalue weighted by Crippen LogP contribution is 2.18. The van der Waals surface area contributed by atoms with Gasteiger partial charge in [0.05, 0.1) is 6.61 Å². The van der Waals surface area contributed by atoms with E-state index in [2.05, 4.69) is 15.5 Å². The average Bonchev–Trinajstić information content (AvgIpc) is 3.15. The molecule has 0 aliphatic carbocycles. The van der Waals surface area contributed by atoms with Crippen molar-refractivity contribution in [2.45, 2.75) is 19.3 Å². The third kappa shape index (κ3) is 5.91. The quantitative estimate of drug-likeness (QED) is 0.585. The number of nitrogens with zero attached hydrogens (tertiary/aromatic N) is 2. The summed E-state index contributed by atoms with van der Waals surface area (Å²) in [5.41, 5.74) is 0.651. The van der Waals surface area contributed by atoms with Crippen LogP contribution in [-0.4, -0.2) is 29.3 Å². The van der Waals surface area contributed by atoms with E-state index in [1.807, 2.05) is 30.3 Å². The number of aromatic nitrogens is 2. The molecule has 0 fully saturated rings. The van der Waals surface area contributed by atoms with Gasteiger partial charge in [-0.25, -0.2) is 4.39 Å². The van der Waals surface area contributed by atoms with Crippen molar-refractivity contribution in [2.75, 3.05) is 13.2 Å². The Morgan fingerprint density at radius 3 is 2.63 bits per heavy atom. The number of ether oxygens (including phenoxy) is 1. The summed E-state index contributed by atoms with van der Waals surface area (Å²) in [6, 6.07) is 15.3. The van der Waals surface area contributed by atoms with Crippen molar-refractivity contribution in [3.63, 3.8) is 0 Å². The van der Waals surface area contributed by atoms with Gasteiger partial charge in [0.25, 0.3) is 0 Å². The minimum atomic E-state index is -0.324. The zero-order valence-electron chi connectivity index (χ0n) is 14.7. The molecule has 3 aromatic rings. The molecule has 0 radical (unpaired) electrons. The fourth-order valence-corrected chi connectivity index (χ4v) is 2.40. The number of nitrogens with one attached hydrogen (secondary N) is 1. The summed E-state index contributed by atoms with van der Waals surface area (Å²) in [4.78, 5) is 11.8. The first-order valence-corrected chi connectivity index (χ1v) is 8.73. The molecule has 7 heteroatoms. The zero-order chi connectivity index (χ0) is 18.9. The van der Waals surface area contributed by atoms with Crippen molar-refractivity contribution in [3.8, 4) is 17.2 Å². The summed E-state index contributed by atoms with van der Waals surface area (Å²) in [6.45, 7) is 0.894. The van der Waals surface area contributed by atoms with E-state index in [1.165, 1.54) is 12.1 Å². The molecule has 2 aromatic carbocycles. The van der Waals surface area contributed by atoms with Crippen LogP contribution in [0.4, 0.5) is 4.39 Å². The van der Waals surface area contributed by atoms with E-state index in [-0.39, 0.29) is 11.7 Å². The Bertz CT molecular complexity index is 850. The Morgan fingerprint density at radius 2 is 1.85 bits per heavy atom. The highest BCUT2D eigenvalue weighted by atomic mass is 19.1. The van der Waals surface area contributed by atoms with Crippen LogP contribution in [0.25, 0.3) is 11.5 Å². The lowest BCUT2D eigenvalue weighted by Crippen LogP contribution is -2.25. The minimum Gasteiger partial charge on any atom is -0.494 e. The van der Waals surface area contributed by atoms with Gasteiger partial charge in [-0.15, -0.1) is 10.2 Å². The minimum absolute atomic E-state index is 0.0510. The van der Waals surface area contributed by atoms with E-state index in [9.17, 15) is 9.18 Å².